The molecule has 0 radical (unpaired) electrons. The van der Waals surface area contributed by atoms with Crippen LogP contribution in [0.4, 0.5) is 0 Å². The molecule has 0 saturated heterocycles. The van der Waals surface area contributed by atoms with Gasteiger partial charge >= 0.3 is 49.0 Å². The molecular formula is C30H56I2NiP2+2. The van der Waals surface area contributed by atoms with Crippen molar-refractivity contribution in [2.45, 2.75) is 188 Å². The standard InChI is InChI=1S/2C15H27P.2HI.Ni/c2*1-2-8-13(7-1)16(14-9-3-4-10-14)15-11-5-6-12-15;;;/h2*13-15H,1-12H2;2*1H;/q;;;;+2. The zero-order valence-corrected chi connectivity index (χ0v) is 29.8. The molecule has 6 aliphatic rings. The van der Waals surface area contributed by atoms with Crippen LogP contribution >= 0.6 is 56.8 Å². The fourth-order valence-electron chi connectivity index (χ4n) is 9.55. The topological polar surface area (TPSA) is 0 Å². The van der Waals surface area contributed by atoms with E-state index < -0.39 is 0 Å². The van der Waals surface area contributed by atoms with Crippen molar-refractivity contribution in [3.8, 4) is 0 Å². The number of hydrogen-bond acceptors (Lipinski definition) is 0. The average molecular weight is 791 g/mol. The first-order valence-electron chi connectivity index (χ1n) is 15.9. The molecule has 208 valence electrons. The maximum absolute atomic E-state index is 2.21. The third-order valence-electron chi connectivity index (χ3n) is 11.0. The van der Waals surface area contributed by atoms with Gasteiger partial charge in [0, 0.05) is 15.8 Å². The Kier molecular flexibility index (Phi) is 15.5. The Hall–Kier alpha value is 2.81. The monoisotopic (exact) mass is 790 g/mol. The van der Waals surface area contributed by atoms with Crippen LogP contribution in [0.1, 0.15) is 154 Å². The van der Waals surface area contributed by atoms with Gasteiger partial charge in [0.15, 0.2) is 0 Å². The molecule has 0 spiro atoms. The quantitative estimate of drug-likeness (QED) is 0.143. The van der Waals surface area contributed by atoms with E-state index in [1.54, 1.807) is 162 Å². The second-order valence-electron chi connectivity index (χ2n) is 12.9. The zero-order chi connectivity index (χ0) is 24.3. The van der Waals surface area contributed by atoms with Crippen molar-refractivity contribution >= 4 is 56.8 Å². The fraction of sp³-hybridized carbons (Fsp3) is 1.00. The van der Waals surface area contributed by atoms with Crippen molar-refractivity contribution in [1.82, 2.24) is 0 Å². The van der Waals surface area contributed by atoms with Crippen molar-refractivity contribution in [1.29, 1.82) is 0 Å². The fourth-order valence-corrected chi connectivity index (χ4v) is 20.0. The zero-order valence-electron chi connectivity index (χ0n) is 22.5. The summed E-state index contributed by atoms with van der Waals surface area (Å²) in [6, 6.07) is 0. The Morgan fingerprint density at radius 2 is 0.429 bits per heavy atom. The number of halogens is 2. The SMILES string of the molecule is C1CCC([PH+](C2CCCC2)C2CCCC2)C1.C1CCC([PH+](C2CCCC2)C2CCCC2)C1.[I][Ni][I]. The van der Waals surface area contributed by atoms with Gasteiger partial charge in [-0.1, -0.05) is 0 Å². The van der Waals surface area contributed by atoms with E-state index >= 15 is 0 Å². The molecule has 6 fully saturated rings. The van der Waals surface area contributed by atoms with E-state index in [4.69, 9.17) is 0 Å². The van der Waals surface area contributed by atoms with Crippen LogP contribution in [0.3, 0.4) is 0 Å². The minimum absolute atomic E-state index is 0.0224. The van der Waals surface area contributed by atoms with Crippen LogP contribution in [-0.2, 0) is 8.07 Å². The van der Waals surface area contributed by atoms with Gasteiger partial charge in [0.2, 0.25) is 0 Å². The third kappa shape index (κ3) is 9.42. The third-order valence-corrected chi connectivity index (χ3v) is 20.1. The van der Waals surface area contributed by atoms with E-state index in [1.807, 2.05) is 0 Å². The minimum atomic E-state index is 0.0224. The van der Waals surface area contributed by atoms with E-state index in [0.29, 0.717) is 0 Å². The molecule has 0 aromatic rings. The van der Waals surface area contributed by atoms with Crippen molar-refractivity contribution in [2.24, 2.45) is 0 Å². The summed E-state index contributed by atoms with van der Waals surface area (Å²) in [7, 11) is 1.61. The van der Waals surface area contributed by atoms with E-state index in [9.17, 15) is 0 Å². The van der Waals surface area contributed by atoms with Gasteiger partial charge in [0.05, 0.1) is 34.0 Å². The maximum atomic E-state index is 2.21. The Labute approximate surface area is 250 Å². The van der Waals surface area contributed by atoms with Gasteiger partial charge in [0.1, 0.15) is 0 Å². The molecule has 6 aliphatic carbocycles. The molecule has 0 heterocycles. The molecule has 6 saturated carbocycles. The summed E-state index contributed by atoms with van der Waals surface area (Å²) >= 11 is 4.43. The summed E-state index contributed by atoms with van der Waals surface area (Å²) in [6.45, 7) is 0. The molecule has 6 rings (SSSR count). The van der Waals surface area contributed by atoms with E-state index in [2.05, 4.69) is 41.0 Å². The summed E-state index contributed by atoms with van der Waals surface area (Å²) in [5, 5.41) is 0. The van der Waals surface area contributed by atoms with Gasteiger partial charge in [-0.3, -0.25) is 0 Å². The summed E-state index contributed by atoms with van der Waals surface area (Å²) in [5.41, 5.74) is 7.48. The Balaban J connectivity index is 0.000000149. The summed E-state index contributed by atoms with van der Waals surface area (Å²) in [4.78, 5) is 0. The normalized spacial score (nSPS) is 27.9. The first-order valence-corrected chi connectivity index (χ1v) is 25.7. The predicted octanol–water partition coefficient (Wildman–Crippen LogP) is 11.8. The number of hydrogen-bond donors (Lipinski definition) is 0. The van der Waals surface area contributed by atoms with Crippen LogP contribution in [0.25, 0.3) is 0 Å². The molecule has 35 heavy (non-hydrogen) atoms. The first-order chi connectivity index (χ1) is 17.3. The van der Waals surface area contributed by atoms with Crippen LogP contribution in [0.5, 0.6) is 0 Å². The molecule has 0 aromatic heterocycles. The second-order valence-corrected chi connectivity index (χ2v) is 28.2. The molecule has 0 bridgehead atoms. The van der Waals surface area contributed by atoms with Crippen LogP contribution < -0.4 is 0 Å². The summed E-state index contributed by atoms with van der Waals surface area (Å²) < 4.78 is 0. The van der Waals surface area contributed by atoms with Crippen LogP contribution in [-0.4, -0.2) is 34.0 Å². The Morgan fingerprint density at radius 3 is 0.543 bits per heavy atom. The van der Waals surface area contributed by atoms with E-state index in [0.717, 1.165) is 0 Å². The van der Waals surface area contributed by atoms with Gasteiger partial charge in [-0.2, -0.15) is 0 Å². The van der Waals surface area contributed by atoms with Gasteiger partial charge in [-0.25, -0.2) is 0 Å². The van der Waals surface area contributed by atoms with Gasteiger partial charge in [0.25, 0.3) is 0 Å². The van der Waals surface area contributed by atoms with Crippen molar-refractivity contribution in [3.05, 3.63) is 0 Å². The molecule has 0 atom stereocenters. The summed E-state index contributed by atoms with van der Waals surface area (Å²) in [6.07, 6.45) is 38.3. The predicted molar refractivity (Wildman–Crippen MR) is 178 cm³/mol. The molecule has 0 nitrogen and oxygen atoms in total. The molecule has 0 unspecified atom stereocenters. The first kappa shape index (κ1) is 30.8. The molecule has 5 heteroatoms. The Bertz CT molecular complexity index is 418. The van der Waals surface area contributed by atoms with E-state index in [1.165, 1.54) is 34.0 Å². The average Bonchev–Trinajstić information content (AvgIpc) is 3.70. The van der Waals surface area contributed by atoms with Crippen LogP contribution in [0.2, 0.25) is 0 Å². The van der Waals surface area contributed by atoms with Crippen molar-refractivity contribution < 1.29 is 8.07 Å². The van der Waals surface area contributed by atoms with Crippen LogP contribution in [0.15, 0.2) is 0 Å². The molecule has 0 aromatic carbocycles. The van der Waals surface area contributed by atoms with Gasteiger partial charge in [-0.05, 0) is 154 Å². The second kappa shape index (κ2) is 17.6. The number of rotatable bonds is 6. The molecular weight excluding hydrogens is 735 g/mol. The van der Waals surface area contributed by atoms with Gasteiger partial charge in [-0.15, -0.1) is 0 Å². The molecule has 0 N–H and O–H groups in total. The molecule has 0 aliphatic heterocycles. The Morgan fingerprint density at radius 1 is 0.314 bits per heavy atom. The molecule has 0 amide bonds. The summed E-state index contributed by atoms with van der Waals surface area (Å²) in [5.74, 6) is 0. The van der Waals surface area contributed by atoms with Crippen molar-refractivity contribution in [3.63, 3.8) is 0 Å². The van der Waals surface area contributed by atoms with Gasteiger partial charge < -0.3 is 0 Å². The van der Waals surface area contributed by atoms with Crippen molar-refractivity contribution in [2.75, 3.05) is 0 Å². The van der Waals surface area contributed by atoms with E-state index in [-0.39, 0.29) is 15.8 Å². The van der Waals surface area contributed by atoms with Crippen LogP contribution in [0, 0.1) is 0 Å².